The number of nitrogen functional groups attached to an aromatic ring is 1. The molecule has 1 amide bonds. The Kier molecular flexibility index (Phi) is 4.05. The second kappa shape index (κ2) is 5.31. The smallest absolute Gasteiger partial charge is 0.224 e. The largest absolute Gasteiger partial charge is 0.397 e. The van der Waals surface area contributed by atoms with Crippen molar-refractivity contribution in [2.75, 3.05) is 17.7 Å². The fourth-order valence-electron chi connectivity index (χ4n) is 1.09. The first-order valence-electron chi connectivity index (χ1n) is 4.59. The number of benzene rings is 1. The van der Waals surface area contributed by atoms with Gasteiger partial charge in [0.2, 0.25) is 5.91 Å². The highest BCUT2D eigenvalue weighted by atomic mass is 19.1. The maximum Gasteiger partial charge on any atom is 0.224 e. The van der Waals surface area contributed by atoms with Gasteiger partial charge in [0.1, 0.15) is 5.82 Å². The molecule has 4 nitrogen and oxygen atoms in total. The minimum atomic E-state index is -0.457. The van der Waals surface area contributed by atoms with E-state index in [9.17, 15) is 9.18 Å². The van der Waals surface area contributed by atoms with Gasteiger partial charge >= 0.3 is 0 Å². The molecule has 0 heterocycles. The molecule has 0 saturated carbocycles. The van der Waals surface area contributed by atoms with Crippen molar-refractivity contribution in [3.8, 4) is 0 Å². The molecular weight excluding hydrogens is 199 g/mol. The van der Waals surface area contributed by atoms with Crippen molar-refractivity contribution in [3.05, 3.63) is 24.0 Å². The standard InChI is InChI=1S/C10H13FN2O2/c11-7-3-4-8(12)9(6-7)13-10(15)2-1-5-14/h3-4,6,14H,1-2,5,12H2,(H,13,15). The molecule has 0 saturated heterocycles. The van der Waals surface area contributed by atoms with Crippen LogP contribution in [0.3, 0.4) is 0 Å². The van der Waals surface area contributed by atoms with Gasteiger partial charge in [-0.15, -0.1) is 0 Å². The lowest BCUT2D eigenvalue weighted by Gasteiger charge is -2.07. The molecule has 0 aliphatic carbocycles. The lowest BCUT2D eigenvalue weighted by molar-refractivity contribution is -0.116. The van der Waals surface area contributed by atoms with Gasteiger partial charge in [-0.1, -0.05) is 0 Å². The molecule has 0 aromatic heterocycles. The number of nitrogens with one attached hydrogen (secondary N) is 1. The van der Waals surface area contributed by atoms with E-state index in [0.717, 1.165) is 6.07 Å². The minimum Gasteiger partial charge on any atom is -0.397 e. The number of rotatable bonds is 4. The van der Waals surface area contributed by atoms with Crippen molar-refractivity contribution in [1.29, 1.82) is 0 Å². The molecule has 15 heavy (non-hydrogen) atoms. The first-order valence-corrected chi connectivity index (χ1v) is 4.59. The molecule has 0 bridgehead atoms. The second-order valence-electron chi connectivity index (χ2n) is 3.11. The number of nitrogens with two attached hydrogens (primary N) is 1. The topological polar surface area (TPSA) is 75.3 Å². The maximum absolute atomic E-state index is 12.8. The number of anilines is 2. The molecule has 0 unspecified atom stereocenters. The van der Waals surface area contributed by atoms with E-state index in [4.69, 9.17) is 10.8 Å². The van der Waals surface area contributed by atoms with Gasteiger partial charge in [0.15, 0.2) is 0 Å². The molecule has 0 aliphatic heterocycles. The monoisotopic (exact) mass is 212 g/mol. The van der Waals surface area contributed by atoms with Crippen LogP contribution in [-0.2, 0) is 4.79 Å². The number of carbonyl (C=O) groups is 1. The van der Waals surface area contributed by atoms with E-state index in [2.05, 4.69) is 5.32 Å². The summed E-state index contributed by atoms with van der Waals surface area (Å²) < 4.78 is 12.8. The van der Waals surface area contributed by atoms with E-state index in [0.29, 0.717) is 12.1 Å². The zero-order chi connectivity index (χ0) is 11.3. The maximum atomic E-state index is 12.8. The number of halogens is 1. The zero-order valence-corrected chi connectivity index (χ0v) is 8.16. The molecular formula is C10H13FN2O2. The van der Waals surface area contributed by atoms with Crippen molar-refractivity contribution in [3.63, 3.8) is 0 Å². The number of aliphatic hydroxyl groups is 1. The average molecular weight is 212 g/mol. The van der Waals surface area contributed by atoms with Crippen molar-refractivity contribution in [2.45, 2.75) is 12.8 Å². The van der Waals surface area contributed by atoms with Gasteiger partial charge in [0.25, 0.3) is 0 Å². The van der Waals surface area contributed by atoms with E-state index in [1.807, 2.05) is 0 Å². The van der Waals surface area contributed by atoms with Gasteiger partial charge in [-0.25, -0.2) is 4.39 Å². The molecule has 5 heteroatoms. The molecule has 1 aromatic carbocycles. The van der Waals surface area contributed by atoms with Gasteiger partial charge in [0.05, 0.1) is 11.4 Å². The number of hydrogen-bond acceptors (Lipinski definition) is 3. The van der Waals surface area contributed by atoms with Crippen LogP contribution in [0.1, 0.15) is 12.8 Å². The van der Waals surface area contributed by atoms with Crippen LogP contribution >= 0.6 is 0 Å². The van der Waals surface area contributed by atoms with E-state index in [1.54, 1.807) is 0 Å². The summed E-state index contributed by atoms with van der Waals surface area (Å²) in [6, 6.07) is 3.77. The lowest BCUT2D eigenvalue weighted by Crippen LogP contribution is -2.13. The number of aliphatic hydroxyl groups excluding tert-OH is 1. The van der Waals surface area contributed by atoms with Gasteiger partial charge in [-0.05, 0) is 24.6 Å². The highest BCUT2D eigenvalue weighted by Gasteiger charge is 2.05. The summed E-state index contributed by atoms with van der Waals surface area (Å²) in [6.45, 7) is -0.0496. The van der Waals surface area contributed by atoms with Crippen LogP contribution in [0.15, 0.2) is 18.2 Å². The normalized spacial score (nSPS) is 10.0. The fourth-order valence-corrected chi connectivity index (χ4v) is 1.09. The van der Waals surface area contributed by atoms with Gasteiger partial charge < -0.3 is 16.2 Å². The molecule has 0 fully saturated rings. The van der Waals surface area contributed by atoms with E-state index >= 15 is 0 Å². The van der Waals surface area contributed by atoms with Crippen LogP contribution in [0, 0.1) is 5.82 Å². The summed E-state index contributed by atoms with van der Waals surface area (Å²) in [4.78, 5) is 11.2. The van der Waals surface area contributed by atoms with E-state index < -0.39 is 5.82 Å². The van der Waals surface area contributed by atoms with Gasteiger partial charge in [-0.2, -0.15) is 0 Å². The van der Waals surface area contributed by atoms with Crippen LogP contribution in [0.25, 0.3) is 0 Å². The third-order valence-corrected chi connectivity index (χ3v) is 1.85. The van der Waals surface area contributed by atoms with Crippen molar-refractivity contribution >= 4 is 17.3 Å². The third kappa shape index (κ3) is 3.55. The summed E-state index contributed by atoms with van der Waals surface area (Å²) in [5, 5.41) is 11.0. The Labute approximate surface area is 86.9 Å². The Morgan fingerprint density at radius 3 is 2.93 bits per heavy atom. The Bertz CT molecular complexity index is 355. The zero-order valence-electron chi connectivity index (χ0n) is 8.16. The van der Waals surface area contributed by atoms with Crippen molar-refractivity contribution in [2.24, 2.45) is 0 Å². The summed E-state index contributed by atoms with van der Waals surface area (Å²) >= 11 is 0. The molecule has 0 spiro atoms. The van der Waals surface area contributed by atoms with Crippen LogP contribution < -0.4 is 11.1 Å². The molecule has 0 radical (unpaired) electrons. The third-order valence-electron chi connectivity index (χ3n) is 1.85. The summed E-state index contributed by atoms with van der Waals surface area (Å²) in [6.07, 6.45) is 0.563. The Hall–Kier alpha value is -1.62. The van der Waals surface area contributed by atoms with E-state index in [-0.39, 0.29) is 24.6 Å². The van der Waals surface area contributed by atoms with Crippen LogP contribution in [0.5, 0.6) is 0 Å². The molecule has 82 valence electrons. The first kappa shape index (κ1) is 11.5. The number of hydrogen-bond donors (Lipinski definition) is 3. The average Bonchev–Trinajstić information content (AvgIpc) is 2.20. The van der Waals surface area contributed by atoms with Crippen LogP contribution in [0.2, 0.25) is 0 Å². The Balaban J connectivity index is 2.63. The molecule has 1 rings (SSSR count). The van der Waals surface area contributed by atoms with Gasteiger partial charge in [-0.3, -0.25) is 4.79 Å². The van der Waals surface area contributed by atoms with Gasteiger partial charge in [0, 0.05) is 13.0 Å². The molecule has 0 aliphatic rings. The Morgan fingerprint density at radius 2 is 2.27 bits per heavy atom. The summed E-state index contributed by atoms with van der Waals surface area (Å²) in [5.74, 6) is -0.747. The molecule has 1 aromatic rings. The van der Waals surface area contributed by atoms with Crippen molar-refractivity contribution in [1.82, 2.24) is 0 Å². The first-order chi connectivity index (χ1) is 7.13. The highest BCUT2D eigenvalue weighted by molar-refractivity contribution is 5.93. The van der Waals surface area contributed by atoms with Crippen LogP contribution in [-0.4, -0.2) is 17.6 Å². The summed E-state index contributed by atoms with van der Waals surface area (Å²) in [5.41, 5.74) is 6.11. The molecule has 0 atom stereocenters. The Morgan fingerprint density at radius 1 is 1.53 bits per heavy atom. The SMILES string of the molecule is Nc1ccc(F)cc1NC(=O)CCCO. The number of amides is 1. The summed E-state index contributed by atoms with van der Waals surface area (Å²) in [7, 11) is 0. The van der Waals surface area contributed by atoms with Crippen LogP contribution in [0.4, 0.5) is 15.8 Å². The molecule has 4 N–H and O–H groups in total. The minimum absolute atomic E-state index is 0.0496. The predicted molar refractivity (Wildman–Crippen MR) is 55.8 cm³/mol. The second-order valence-corrected chi connectivity index (χ2v) is 3.11. The predicted octanol–water partition coefficient (Wildman–Crippen LogP) is 1.12. The fraction of sp³-hybridized carbons (Fsp3) is 0.300. The van der Waals surface area contributed by atoms with Crippen molar-refractivity contribution < 1.29 is 14.3 Å². The number of carbonyl (C=O) groups excluding carboxylic acids is 1. The lowest BCUT2D eigenvalue weighted by atomic mass is 10.2. The van der Waals surface area contributed by atoms with E-state index in [1.165, 1.54) is 12.1 Å². The highest BCUT2D eigenvalue weighted by Crippen LogP contribution is 2.19. The quantitative estimate of drug-likeness (QED) is 0.654.